The summed E-state index contributed by atoms with van der Waals surface area (Å²) < 4.78 is 33.7. The summed E-state index contributed by atoms with van der Waals surface area (Å²) >= 11 is 6.23. The van der Waals surface area contributed by atoms with E-state index in [1.54, 1.807) is 24.5 Å². The number of anilines is 1. The number of carbonyl (C=O) groups is 6. The maximum Gasteiger partial charge on any atom is 0.262 e. The number of hydrogen-bond acceptors (Lipinski definition) is 17. The van der Waals surface area contributed by atoms with E-state index in [9.17, 15) is 28.8 Å². The van der Waals surface area contributed by atoms with Gasteiger partial charge in [-0.2, -0.15) is 0 Å². The number of rotatable bonds is 30. The highest BCUT2D eigenvalue weighted by atomic mass is 35.5. The Labute approximate surface area is 452 Å². The van der Waals surface area contributed by atoms with E-state index in [-0.39, 0.29) is 36.3 Å². The van der Waals surface area contributed by atoms with Crippen LogP contribution in [0, 0.1) is 0 Å². The average Bonchev–Trinajstić information content (AvgIpc) is 4.02. The van der Waals surface area contributed by atoms with Gasteiger partial charge in [-0.3, -0.25) is 43.9 Å². The predicted octanol–water partition coefficient (Wildman–Crippen LogP) is 2.82. The lowest BCUT2D eigenvalue weighted by Gasteiger charge is -2.39. The molecule has 23 heteroatoms. The number of nitrogens with zero attached hydrogens (tertiary/aromatic N) is 6. The van der Waals surface area contributed by atoms with Gasteiger partial charge in [0.1, 0.15) is 23.8 Å². The van der Waals surface area contributed by atoms with Crippen molar-refractivity contribution in [2.75, 3.05) is 130 Å². The number of hydrogen-bond donors (Lipinski definition) is 4. The van der Waals surface area contributed by atoms with Crippen molar-refractivity contribution in [3.05, 3.63) is 88.3 Å². The van der Waals surface area contributed by atoms with Crippen LogP contribution < -0.4 is 21.3 Å². The molecule has 4 aliphatic rings. The molecule has 3 saturated heterocycles. The van der Waals surface area contributed by atoms with Gasteiger partial charge in [0.25, 0.3) is 11.8 Å². The van der Waals surface area contributed by atoms with Gasteiger partial charge >= 0.3 is 0 Å². The molecule has 2 aromatic carbocycles. The van der Waals surface area contributed by atoms with Crippen molar-refractivity contribution >= 4 is 63.9 Å². The zero-order chi connectivity index (χ0) is 54.0. The molecule has 1 unspecified atom stereocenters. The van der Waals surface area contributed by atoms with Crippen LogP contribution >= 0.6 is 11.6 Å². The van der Waals surface area contributed by atoms with Gasteiger partial charge in [-0.1, -0.05) is 35.9 Å². The van der Waals surface area contributed by atoms with Gasteiger partial charge in [0, 0.05) is 70.1 Å². The van der Waals surface area contributed by atoms with Crippen LogP contribution in [-0.4, -0.2) is 202 Å². The third-order valence-corrected chi connectivity index (χ3v) is 14.6. The number of halogens is 1. The number of aromatic amines is 1. The Morgan fingerprint density at radius 2 is 1.40 bits per heavy atom. The number of nitrogens with one attached hydrogen (secondary N) is 3. The first-order chi connectivity index (χ1) is 37.5. The van der Waals surface area contributed by atoms with Crippen LogP contribution in [0.5, 0.6) is 0 Å². The molecule has 4 aromatic rings. The summed E-state index contributed by atoms with van der Waals surface area (Å²) in [5, 5.41) is 7.07. The Morgan fingerprint density at radius 3 is 2.05 bits per heavy atom. The summed E-state index contributed by atoms with van der Waals surface area (Å²) in [6.45, 7) is 9.41. The lowest BCUT2D eigenvalue weighted by molar-refractivity contribution is -0.136. The summed E-state index contributed by atoms with van der Waals surface area (Å²) in [5.41, 5.74) is 8.83. The van der Waals surface area contributed by atoms with Gasteiger partial charge in [-0.15, -0.1) is 0 Å². The number of ether oxygens (including phenoxy) is 6. The predicted molar refractivity (Wildman–Crippen MR) is 283 cm³/mol. The summed E-state index contributed by atoms with van der Waals surface area (Å²) in [7, 11) is 0. The van der Waals surface area contributed by atoms with E-state index in [0.29, 0.717) is 160 Å². The Hall–Kier alpha value is -5.95. The highest BCUT2D eigenvalue weighted by Gasteiger charge is 2.45. The first-order valence-corrected chi connectivity index (χ1v) is 27.1. The van der Waals surface area contributed by atoms with E-state index in [1.165, 1.54) is 0 Å². The van der Waals surface area contributed by atoms with Crippen molar-refractivity contribution in [3.8, 4) is 0 Å². The molecule has 2 atom stereocenters. The van der Waals surface area contributed by atoms with E-state index < -0.39 is 35.2 Å². The number of nitrogens with two attached hydrogens (primary N) is 1. The zero-order valence-corrected chi connectivity index (χ0v) is 44.3. The monoisotopic (exact) mass is 1090 g/mol. The molecule has 0 spiro atoms. The molecule has 8 rings (SSSR count). The summed E-state index contributed by atoms with van der Waals surface area (Å²) in [6.07, 6.45) is 6.64. The molecule has 0 radical (unpaired) electrons. The smallest absolute Gasteiger partial charge is 0.262 e. The minimum absolute atomic E-state index is 0.0611. The van der Waals surface area contributed by atoms with Crippen molar-refractivity contribution in [2.45, 2.75) is 69.0 Å². The highest BCUT2D eigenvalue weighted by molar-refractivity contribution is 6.30. The second kappa shape index (κ2) is 28.6. The van der Waals surface area contributed by atoms with Crippen molar-refractivity contribution < 1.29 is 57.2 Å². The van der Waals surface area contributed by atoms with E-state index in [1.807, 2.05) is 41.4 Å². The number of piperidine rings is 2. The first kappa shape index (κ1) is 57.2. The zero-order valence-electron chi connectivity index (χ0n) is 43.6. The van der Waals surface area contributed by atoms with Crippen LogP contribution in [-0.2, 0) is 54.0 Å². The molecule has 22 nitrogen and oxygen atoms in total. The number of fused-ring (bicyclic) bond motifs is 2. The number of aryl methyl sites for hydroxylation is 1. The van der Waals surface area contributed by atoms with Gasteiger partial charge in [-0.05, 0) is 73.9 Å². The molecule has 0 saturated carbocycles. The van der Waals surface area contributed by atoms with Gasteiger partial charge in [0.2, 0.25) is 23.6 Å². The molecule has 416 valence electrons. The largest absolute Gasteiger partial charge is 0.379 e. The van der Waals surface area contributed by atoms with Gasteiger partial charge in [0.05, 0.1) is 107 Å². The van der Waals surface area contributed by atoms with Crippen LogP contribution in [0.25, 0.3) is 11.0 Å². The van der Waals surface area contributed by atoms with Gasteiger partial charge in [-0.25, -0.2) is 9.97 Å². The van der Waals surface area contributed by atoms with Crippen molar-refractivity contribution in [3.63, 3.8) is 0 Å². The van der Waals surface area contributed by atoms with Crippen molar-refractivity contribution in [1.29, 1.82) is 0 Å². The van der Waals surface area contributed by atoms with E-state index in [2.05, 4.69) is 35.4 Å². The van der Waals surface area contributed by atoms with Crippen LogP contribution in [0.3, 0.4) is 0 Å². The molecule has 5 N–H and O–H groups in total. The first-order valence-electron chi connectivity index (χ1n) is 26.7. The van der Waals surface area contributed by atoms with Crippen LogP contribution in [0.15, 0.2) is 61.1 Å². The molecule has 6 heterocycles. The molecule has 0 aliphatic carbocycles. The van der Waals surface area contributed by atoms with Crippen LogP contribution in [0.1, 0.15) is 82.8 Å². The van der Waals surface area contributed by atoms with E-state index in [0.717, 1.165) is 46.9 Å². The Kier molecular flexibility index (Phi) is 21.3. The number of benzene rings is 2. The quantitative estimate of drug-likeness (QED) is 0.0432. The molecule has 2 aromatic heterocycles. The maximum absolute atomic E-state index is 13.9. The van der Waals surface area contributed by atoms with Gasteiger partial charge in [0.15, 0.2) is 0 Å². The summed E-state index contributed by atoms with van der Waals surface area (Å²) in [6, 6.07) is 13.4. The van der Waals surface area contributed by atoms with E-state index in [4.69, 9.17) is 45.8 Å². The number of aromatic nitrogens is 3. The molecular formula is C54H71ClN10O12. The normalized spacial score (nSPS) is 18.3. The van der Waals surface area contributed by atoms with Gasteiger partial charge < -0.3 is 54.3 Å². The third-order valence-electron chi connectivity index (χ3n) is 14.4. The minimum Gasteiger partial charge on any atom is -0.379 e. The SMILES string of the molecule is NC1(C(=O)N[C@@H](CCN2CCN(C(=O)CCOCCOCCOCCOCCOCCOCCCc3cccc4c3C(=O)N(C3CCC(=O)NC3=O)C4=O)CC2)c2ccc(Cl)cc2)CCN(c2ncnc3[nH]ccc23)CC1. The highest BCUT2D eigenvalue weighted by Crippen LogP contribution is 2.32. The fourth-order valence-corrected chi connectivity index (χ4v) is 10.1. The minimum atomic E-state index is -1.02. The third kappa shape index (κ3) is 15.6. The molecule has 77 heavy (non-hydrogen) atoms. The van der Waals surface area contributed by atoms with E-state index >= 15 is 0 Å². The van der Waals surface area contributed by atoms with Crippen LogP contribution in [0.4, 0.5) is 5.82 Å². The van der Waals surface area contributed by atoms with Crippen molar-refractivity contribution in [2.24, 2.45) is 5.73 Å². The van der Waals surface area contributed by atoms with Crippen LogP contribution in [0.2, 0.25) is 5.02 Å². The fraction of sp³-hybridized carbons (Fsp3) is 0.556. The number of imide groups is 2. The molecule has 4 aliphatic heterocycles. The van der Waals surface area contributed by atoms with Crippen molar-refractivity contribution in [1.82, 2.24) is 40.3 Å². The Morgan fingerprint density at radius 1 is 0.766 bits per heavy atom. The Balaban J connectivity index is 0.594. The summed E-state index contributed by atoms with van der Waals surface area (Å²) in [5.74, 6) is -1.34. The number of carbonyl (C=O) groups excluding carboxylic acids is 6. The topological polar surface area (TPSA) is 262 Å². The average molecular weight is 1090 g/mol. The second-order valence-electron chi connectivity index (χ2n) is 19.5. The molecule has 0 bridgehead atoms. The standard InChI is InChI=1S/C54H71ClN10O12/c55-40-8-6-38(7-9-40)43(60-53(71)54(56)15-19-64(20-16-54)49-42-12-17-57-48(42)58-37-59-49)13-18-62-21-23-63(24-22-62)46(67)14-26-73-28-30-75-32-34-77-36-35-76-33-31-74-29-27-72-25-2-4-39-3-1-5-41-47(39)52(70)65(51(41)69)44-10-11-45(66)61-50(44)68/h1,3,5-9,12,17,37,43-44H,2,4,10-11,13-16,18-36,56H2,(H,60,71)(H,57,58,59)(H,61,66,68)/t43-,44?/m0/s1. The number of H-pyrrole nitrogens is 1. The summed E-state index contributed by atoms with van der Waals surface area (Å²) in [4.78, 5) is 96.5. The lowest BCUT2D eigenvalue weighted by Crippen LogP contribution is -2.60. The number of piperazine rings is 1. The molecular weight excluding hydrogens is 1020 g/mol. The maximum atomic E-state index is 13.9. The lowest BCUT2D eigenvalue weighted by atomic mass is 9.87. The number of amides is 6. The second-order valence-corrected chi connectivity index (χ2v) is 19.9. The fourth-order valence-electron chi connectivity index (χ4n) is 9.98. The Bertz CT molecular complexity index is 2620. The molecule has 6 amide bonds. The molecule has 3 fully saturated rings.